The number of aryl methyl sites for hydroxylation is 3. The second kappa shape index (κ2) is 9.48. The Balaban J connectivity index is 0.000000858. The molecule has 1 N–H and O–H groups in total. The van der Waals surface area contributed by atoms with Gasteiger partial charge in [-0.3, -0.25) is 9.36 Å². The van der Waals surface area contributed by atoms with Gasteiger partial charge in [0.25, 0.3) is 6.47 Å². The number of carboxylic acid groups (broad SMARTS) is 1. The summed E-state index contributed by atoms with van der Waals surface area (Å²) in [6.45, 7) is 2.93. The highest BCUT2D eigenvalue weighted by Crippen LogP contribution is 2.29. The lowest BCUT2D eigenvalue weighted by Crippen LogP contribution is -2.44. The summed E-state index contributed by atoms with van der Waals surface area (Å²) in [4.78, 5) is 24.5. The molecule has 0 amide bonds. The molecule has 1 aliphatic heterocycles. The lowest BCUT2D eigenvalue weighted by molar-refractivity contribution is -0.122. The van der Waals surface area contributed by atoms with Gasteiger partial charge in [0.15, 0.2) is 5.58 Å². The number of carbonyl (C=O) groups is 1. The Labute approximate surface area is 179 Å². The van der Waals surface area contributed by atoms with Crippen LogP contribution in [0.2, 0.25) is 0 Å². The van der Waals surface area contributed by atoms with Crippen molar-refractivity contribution in [2.24, 2.45) is 7.05 Å². The second-order valence-electron chi connectivity index (χ2n) is 7.38. The number of sulfonamides is 1. The predicted octanol–water partition coefficient (Wildman–Crippen LogP) is 1.97. The first kappa shape index (κ1) is 22.8. The van der Waals surface area contributed by atoms with Crippen LogP contribution in [0.1, 0.15) is 31.5 Å². The van der Waals surface area contributed by atoms with Crippen LogP contribution < -0.4 is 5.76 Å². The average Bonchev–Trinajstić information content (AvgIpc) is 3.29. The van der Waals surface area contributed by atoms with Gasteiger partial charge in [-0.15, -0.1) is 0 Å². The van der Waals surface area contributed by atoms with Crippen molar-refractivity contribution in [3.05, 3.63) is 47.0 Å². The third kappa shape index (κ3) is 4.72. The minimum atomic E-state index is -3.67. The van der Waals surface area contributed by atoms with Crippen LogP contribution in [0.4, 0.5) is 0 Å². The van der Waals surface area contributed by atoms with E-state index in [0.29, 0.717) is 12.1 Å². The highest BCUT2D eigenvalue weighted by atomic mass is 32.2. The zero-order valence-corrected chi connectivity index (χ0v) is 18.3. The number of nitrogens with zero attached hydrogens (tertiary/aromatic N) is 4. The maximum Gasteiger partial charge on any atom is 0.419 e. The van der Waals surface area contributed by atoms with E-state index in [1.54, 1.807) is 29.7 Å². The highest BCUT2D eigenvalue weighted by Gasteiger charge is 2.33. The van der Waals surface area contributed by atoms with Gasteiger partial charge in [0.05, 0.1) is 10.4 Å². The van der Waals surface area contributed by atoms with E-state index < -0.39 is 15.8 Å². The van der Waals surface area contributed by atoms with E-state index in [0.717, 1.165) is 38.1 Å². The first-order valence-corrected chi connectivity index (χ1v) is 11.4. The number of piperidine rings is 1. The Kier molecular flexibility index (Phi) is 6.96. The molecule has 0 aliphatic carbocycles. The fourth-order valence-corrected chi connectivity index (χ4v) is 5.66. The molecule has 1 saturated heterocycles. The quantitative estimate of drug-likeness (QED) is 0.589. The molecule has 2 aromatic heterocycles. The minimum absolute atomic E-state index is 0.0565. The molecule has 0 bridgehead atoms. The first-order chi connectivity index (χ1) is 14.8. The van der Waals surface area contributed by atoms with Crippen LogP contribution >= 0.6 is 0 Å². The summed E-state index contributed by atoms with van der Waals surface area (Å²) in [5.74, 6) is 0.422. The average molecular weight is 451 g/mol. The standard InChI is InChI=1S/C19H24N4O4S.CH2O2/c1-14-20-9-12-22(14)11-8-15-5-3-4-10-23(15)28(25,26)16-6-7-17-18(13-16)27-19(24)21(17)2;2-1-3/h6-7,9,12-13,15H,3-5,8,10-11H2,1-2H3;1H,(H,2,3). The molecule has 0 spiro atoms. The number of hydrogen-bond acceptors (Lipinski definition) is 6. The minimum Gasteiger partial charge on any atom is -0.483 e. The third-order valence-corrected chi connectivity index (χ3v) is 7.52. The van der Waals surface area contributed by atoms with Crippen molar-refractivity contribution in [2.45, 2.75) is 50.1 Å². The molecule has 11 heteroatoms. The molecular weight excluding hydrogens is 424 g/mol. The number of oxazole rings is 1. The number of rotatable bonds is 5. The molecule has 3 aromatic rings. The fourth-order valence-electron chi connectivity index (χ4n) is 3.92. The van der Waals surface area contributed by atoms with Crippen LogP contribution in [0, 0.1) is 6.92 Å². The van der Waals surface area contributed by atoms with Crippen molar-refractivity contribution >= 4 is 27.6 Å². The molecule has 1 aliphatic rings. The van der Waals surface area contributed by atoms with Crippen LogP contribution in [0.25, 0.3) is 11.1 Å². The summed E-state index contributed by atoms with van der Waals surface area (Å²) in [5, 5.41) is 6.89. The second-order valence-corrected chi connectivity index (χ2v) is 9.27. The normalized spacial score (nSPS) is 17.3. The number of hydrogen-bond donors (Lipinski definition) is 1. The van der Waals surface area contributed by atoms with E-state index in [1.807, 2.05) is 17.7 Å². The number of fused-ring (bicyclic) bond motifs is 1. The Hall–Kier alpha value is -2.92. The van der Waals surface area contributed by atoms with Gasteiger partial charge in [-0.2, -0.15) is 4.31 Å². The maximum absolute atomic E-state index is 13.3. The van der Waals surface area contributed by atoms with Gasteiger partial charge in [-0.25, -0.2) is 18.2 Å². The van der Waals surface area contributed by atoms with E-state index in [2.05, 4.69) is 4.98 Å². The van der Waals surface area contributed by atoms with Gasteiger partial charge in [0.1, 0.15) is 5.82 Å². The molecule has 1 aromatic carbocycles. The monoisotopic (exact) mass is 450 g/mol. The molecule has 4 rings (SSSR count). The summed E-state index contributed by atoms with van der Waals surface area (Å²) >= 11 is 0. The molecule has 1 unspecified atom stereocenters. The molecule has 10 nitrogen and oxygen atoms in total. The van der Waals surface area contributed by atoms with Crippen molar-refractivity contribution in [3.8, 4) is 0 Å². The molecule has 31 heavy (non-hydrogen) atoms. The predicted molar refractivity (Wildman–Crippen MR) is 113 cm³/mol. The number of aromatic nitrogens is 3. The lowest BCUT2D eigenvalue weighted by Gasteiger charge is -2.35. The highest BCUT2D eigenvalue weighted by molar-refractivity contribution is 7.89. The molecule has 1 atom stereocenters. The molecule has 0 radical (unpaired) electrons. The van der Waals surface area contributed by atoms with Crippen molar-refractivity contribution in [1.29, 1.82) is 0 Å². The molecular formula is C20H26N4O6S. The van der Waals surface area contributed by atoms with Crippen LogP contribution in [-0.4, -0.2) is 51.0 Å². The fraction of sp³-hybridized carbons (Fsp3) is 0.450. The van der Waals surface area contributed by atoms with E-state index in [9.17, 15) is 13.2 Å². The summed E-state index contributed by atoms with van der Waals surface area (Å²) < 4.78 is 36.9. The summed E-state index contributed by atoms with van der Waals surface area (Å²) in [5.41, 5.74) is 0.867. The molecule has 168 valence electrons. The summed E-state index contributed by atoms with van der Waals surface area (Å²) in [6, 6.07) is 4.58. The van der Waals surface area contributed by atoms with Gasteiger partial charge < -0.3 is 14.1 Å². The summed E-state index contributed by atoms with van der Waals surface area (Å²) in [6.07, 6.45) is 7.12. The van der Waals surface area contributed by atoms with Crippen LogP contribution in [0.3, 0.4) is 0 Å². The van der Waals surface area contributed by atoms with Gasteiger partial charge in [-0.05, 0) is 38.3 Å². The van der Waals surface area contributed by atoms with E-state index in [4.69, 9.17) is 14.3 Å². The topological polar surface area (TPSA) is 128 Å². The van der Waals surface area contributed by atoms with E-state index in [-0.39, 0.29) is 23.0 Å². The van der Waals surface area contributed by atoms with Gasteiger partial charge in [0.2, 0.25) is 10.0 Å². The van der Waals surface area contributed by atoms with E-state index >= 15 is 0 Å². The SMILES string of the molecule is Cc1nccn1CCC1CCCCN1S(=O)(=O)c1ccc2c(c1)oc(=O)n2C.O=CO. The van der Waals surface area contributed by atoms with Crippen LogP contribution in [-0.2, 0) is 28.4 Å². The number of benzene rings is 1. The van der Waals surface area contributed by atoms with Crippen molar-refractivity contribution in [1.82, 2.24) is 18.4 Å². The smallest absolute Gasteiger partial charge is 0.419 e. The molecule has 1 fully saturated rings. The van der Waals surface area contributed by atoms with Gasteiger partial charge in [0, 0.05) is 44.6 Å². The van der Waals surface area contributed by atoms with Crippen LogP contribution in [0.15, 0.2) is 44.7 Å². The molecule has 0 saturated carbocycles. The van der Waals surface area contributed by atoms with Crippen molar-refractivity contribution in [3.63, 3.8) is 0 Å². The van der Waals surface area contributed by atoms with Crippen molar-refractivity contribution < 1.29 is 22.7 Å². The lowest BCUT2D eigenvalue weighted by atomic mass is 10.0. The van der Waals surface area contributed by atoms with Gasteiger partial charge >= 0.3 is 5.76 Å². The zero-order valence-electron chi connectivity index (χ0n) is 17.5. The Morgan fingerprint density at radius 1 is 1.32 bits per heavy atom. The third-order valence-electron chi connectivity index (χ3n) is 5.57. The van der Waals surface area contributed by atoms with Crippen LogP contribution in [0.5, 0.6) is 0 Å². The Morgan fingerprint density at radius 3 is 2.74 bits per heavy atom. The number of imidazole rings is 1. The Morgan fingerprint density at radius 2 is 2.06 bits per heavy atom. The summed E-state index contributed by atoms with van der Waals surface area (Å²) in [7, 11) is -2.07. The van der Waals surface area contributed by atoms with E-state index in [1.165, 1.54) is 10.6 Å². The Bertz CT molecular complexity index is 1210. The zero-order chi connectivity index (χ0) is 22.6. The first-order valence-electron chi connectivity index (χ1n) is 9.96. The largest absolute Gasteiger partial charge is 0.483 e. The maximum atomic E-state index is 13.3. The van der Waals surface area contributed by atoms with Crippen molar-refractivity contribution in [2.75, 3.05) is 6.54 Å². The van der Waals surface area contributed by atoms with Gasteiger partial charge in [-0.1, -0.05) is 6.42 Å². The molecule has 3 heterocycles.